The SMILES string of the molecule is NC(=O)CCC1=CC=COC1. The third-order valence-electron chi connectivity index (χ3n) is 1.47. The molecule has 0 aromatic heterocycles. The van der Waals surface area contributed by atoms with Crippen LogP contribution in [0.1, 0.15) is 12.8 Å². The van der Waals surface area contributed by atoms with Crippen molar-refractivity contribution in [2.24, 2.45) is 5.73 Å². The van der Waals surface area contributed by atoms with Gasteiger partial charge in [0.1, 0.15) is 6.61 Å². The summed E-state index contributed by atoms with van der Waals surface area (Å²) in [5.41, 5.74) is 6.10. The van der Waals surface area contributed by atoms with E-state index in [-0.39, 0.29) is 5.91 Å². The molecule has 1 aliphatic rings. The van der Waals surface area contributed by atoms with Crippen LogP contribution < -0.4 is 5.73 Å². The fourth-order valence-electron chi connectivity index (χ4n) is 0.873. The summed E-state index contributed by atoms with van der Waals surface area (Å²) in [4.78, 5) is 10.4. The van der Waals surface area contributed by atoms with E-state index in [0.29, 0.717) is 19.4 Å². The van der Waals surface area contributed by atoms with Crippen molar-refractivity contribution in [3.63, 3.8) is 0 Å². The molecule has 1 amide bonds. The van der Waals surface area contributed by atoms with E-state index in [9.17, 15) is 4.79 Å². The Morgan fingerprint density at radius 3 is 3.09 bits per heavy atom. The number of hydrogen-bond acceptors (Lipinski definition) is 2. The Labute approximate surface area is 65.5 Å². The summed E-state index contributed by atoms with van der Waals surface area (Å²) in [5, 5.41) is 0. The van der Waals surface area contributed by atoms with Gasteiger partial charge in [0.05, 0.1) is 6.26 Å². The summed E-state index contributed by atoms with van der Waals surface area (Å²) in [6, 6.07) is 0. The lowest BCUT2D eigenvalue weighted by atomic mass is 10.1. The average molecular weight is 153 g/mol. The Morgan fingerprint density at radius 2 is 2.55 bits per heavy atom. The van der Waals surface area contributed by atoms with Crippen molar-refractivity contribution < 1.29 is 9.53 Å². The quantitative estimate of drug-likeness (QED) is 0.649. The molecule has 2 N–H and O–H groups in total. The number of carbonyl (C=O) groups is 1. The van der Waals surface area contributed by atoms with Crippen LogP contribution in [0.15, 0.2) is 24.0 Å². The van der Waals surface area contributed by atoms with Crippen molar-refractivity contribution in [1.29, 1.82) is 0 Å². The molecular weight excluding hydrogens is 142 g/mol. The van der Waals surface area contributed by atoms with Gasteiger partial charge in [0, 0.05) is 6.42 Å². The maximum absolute atomic E-state index is 10.4. The van der Waals surface area contributed by atoms with E-state index >= 15 is 0 Å². The van der Waals surface area contributed by atoms with Gasteiger partial charge in [-0.2, -0.15) is 0 Å². The van der Waals surface area contributed by atoms with E-state index in [1.165, 1.54) is 0 Å². The number of nitrogens with two attached hydrogens (primary N) is 1. The van der Waals surface area contributed by atoms with Crippen LogP contribution in [0.3, 0.4) is 0 Å². The molecule has 3 nitrogen and oxygen atoms in total. The van der Waals surface area contributed by atoms with E-state index in [4.69, 9.17) is 10.5 Å². The third-order valence-corrected chi connectivity index (χ3v) is 1.47. The maximum atomic E-state index is 10.4. The number of carbonyl (C=O) groups excluding carboxylic acids is 1. The van der Waals surface area contributed by atoms with Crippen molar-refractivity contribution in [3.05, 3.63) is 24.0 Å². The molecule has 1 rings (SSSR count). The molecule has 0 bridgehead atoms. The lowest BCUT2D eigenvalue weighted by Crippen LogP contribution is -2.11. The Morgan fingerprint density at radius 1 is 1.73 bits per heavy atom. The molecule has 0 aromatic carbocycles. The Kier molecular flexibility index (Phi) is 2.72. The number of amides is 1. The van der Waals surface area contributed by atoms with Gasteiger partial charge in [0.15, 0.2) is 0 Å². The number of ether oxygens (including phenoxy) is 1. The molecule has 0 aromatic rings. The second kappa shape index (κ2) is 3.81. The van der Waals surface area contributed by atoms with E-state index in [1.54, 1.807) is 6.26 Å². The normalized spacial score (nSPS) is 15.5. The van der Waals surface area contributed by atoms with Gasteiger partial charge in [-0.3, -0.25) is 4.79 Å². The average Bonchev–Trinajstić information content (AvgIpc) is 2.03. The summed E-state index contributed by atoms with van der Waals surface area (Å²) in [6.45, 7) is 0.587. The second-order valence-corrected chi connectivity index (χ2v) is 2.43. The molecule has 0 saturated carbocycles. The molecule has 0 aliphatic carbocycles. The lowest BCUT2D eigenvalue weighted by Gasteiger charge is -2.08. The summed E-state index contributed by atoms with van der Waals surface area (Å²) in [6.07, 6.45) is 6.52. The van der Waals surface area contributed by atoms with Crippen LogP contribution in [0.25, 0.3) is 0 Å². The molecule has 11 heavy (non-hydrogen) atoms. The van der Waals surface area contributed by atoms with Crippen LogP contribution in [-0.2, 0) is 9.53 Å². The van der Waals surface area contributed by atoms with Crippen LogP contribution >= 0.6 is 0 Å². The fraction of sp³-hybridized carbons (Fsp3) is 0.375. The zero-order valence-electron chi connectivity index (χ0n) is 6.25. The van der Waals surface area contributed by atoms with Gasteiger partial charge in [-0.25, -0.2) is 0 Å². The highest BCUT2D eigenvalue weighted by molar-refractivity contribution is 5.74. The predicted octanol–water partition coefficient (Wildman–Crippen LogP) is 0.722. The summed E-state index contributed by atoms with van der Waals surface area (Å²) < 4.78 is 5.01. The first-order chi connectivity index (χ1) is 5.29. The van der Waals surface area contributed by atoms with E-state index < -0.39 is 0 Å². The van der Waals surface area contributed by atoms with Crippen LogP contribution in [0.2, 0.25) is 0 Å². The molecule has 0 saturated heterocycles. The van der Waals surface area contributed by atoms with Crippen LogP contribution in [-0.4, -0.2) is 12.5 Å². The lowest BCUT2D eigenvalue weighted by molar-refractivity contribution is -0.118. The monoisotopic (exact) mass is 153 g/mol. The van der Waals surface area contributed by atoms with Crippen molar-refractivity contribution in [1.82, 2.24) is 0 Å². The minimum absolute atomic E-state index is 0.263. The Bertz CT molecular complexity index is 206. The van der Waals surface area contributed by atoms with Gasteiger partial charge in [-0.05, 0) is 18.1 Å². The first kappa shape index (κ1) is 7.85. The zero-order chi connectivity index (χ0) is 8.10. The largest absolute Gasteiger partial charge is 0.497 e. The van der Waals surface area contributed by atoms with Crippen molar-refractivity contribution in [2.45, 2.75) is 12.8 Å². The molecule has 0 radical (unpaired) electrons. The highest BCUT2D eigenvalue weighted by Crippen LogP contribution is 2.09. The summed E-state index contributed by atoms with van der Waals surface area (Å²) in [7, 11) is 0. The summed E-state index contributed by atoms with van der Waals surface area (Å²) >= 11 is 0. The minimum Gasteiger partial charge on any atom is -0.497 e. The van der Waals surface area contributed by atoms with Gasteiger partial charge in [0.25, 0.3) is 0 Å². The predicted molar refractivity (Wildman–Crippen MR) is 41.6 cm³/mol. The molecule has 1 heterocycles. The van der Waals surface area contributed by atoms with Gasteiger partial charge in [0.2, 0.25) is 5.91 Å². The number of allylic oxidation sites excluding steroid dienone is 2. The van der Waals surface area contributed by atoms with E-state index in [2.05, 4.69) is 0 Å². The molecule has 0 fully saturated rings. The highest BCUT2D eigenvalue weighted by atomic mass is 16.5. The van der Waals surface area contributed by atoms with Gasteiger partial charge < -0.3 is 10.5 Å². The van der Waals surface area contributed by atoms with Crippen LogP contribution in [0, 0.1) is 0 Å². The zero-order valence-corrected chi connectivity index (χ0v) is 6.25. The van der Waals surface area contributed by atoms with Crippen molar-refractivity contribution >= 4 is 5.91 Å². The third kappa shape index (κ3) is 2.89. The molecular formula is C8H11NO2. The van der Waals surface area contributed by atoms with E-state index in [1.807, 2.05) is 12.2 Å². The van der Waals surface area contributed by atoms with Crippen molar-refractivity contribution in [3.8, 4) is 0 Å². The minimum atomic E-state index is -0.263. The first-order valence-corrected chi connectivity index (χ1v) is 3.53. The molecule has 0 unspecified atom stereocenters. The van der Waals surface area contributed by atoms with E-state index in [0.717, 1.165) is 5.57 Å². The number of rotatable bonds is 3. The van der Waals surface area contributed by atoms with Gasteiger partial charge in [-0.1, -0.05) is 6.08 Å². The highest BCUT2D eigenvalue weighted by Gasteiger charge is 2.01. The molecule has 60 valence electrons. The Balaban J connectivity index is 2.31. The van der Waals surface area contributed by atoms with Gasteiger partial charge >= 0.3 is 0 Å². The smallest absolute Gasteiger partial charge is 0.217 e. The molecule has 1 aliphatic heterocycles. The van der Waals surface area contributed by atoms with Gasteiger partial charge in [-0.15, -0.1) is 0 Å². The van der Waals surface area contributed by atoms with Crippen molar-refractivity contribution in [2.75, 3.05) is 6.61 Å². The molecule has 3 heteroatoms. The van der Waals surface area contributed by atoms with Crippen LogP contribution in [0.4, 0.5) is 0 Å². The second-order valence-electron chi connectivity index (χ2n) is 2.43. The molecule has 0 spiro atoms. The molecule has 0 atom stereocenters. The summed E-state index contributed by atoms with van der Waals surface area (Å²) in [5.74, 6) is -0.263. The maximum Gasteiger partial charge on any atom is 0.217 e. The Hall–Kier alpha value is -1.25. The number of primary amides is 1. The first-order valence-electron chi connectivity index (χ1n) is 3.53. The standard InChI is InChI=1S/C8H11NO2/c9-8(10)4-3-7-2-1-5-11-6-7/h1-2,5H,3-4,6H2,(H2,9,10). The fourth-order valence-corrected chi connectivity index (χ4v) is 0.873. The number of hydrogen-bond donors (Lipinski definition) is 1. The van der Waals surface area contributed by atoms with Crippen LogP contribution in [0.5, 0.6) is 0 Å². The topological polar surface area (TPSA) is 52.3 Å².